The molecule has 1 aliphatic carbocycles. The third-order valence-electron chi connectivity index (χ3n) is 2.35. The molecule has 5 nitrogen and oxygen atoms in total. The first kappa shape index (κ1) is 12.9. The van der Waals surface area contributed by atoms with Crippen LogP contribution in [0.4, 0.5) is 5.69 Å². The maximum atomic E-state index is 11.6. The van der Waals surface area contributed by atoms with Crippen molar-refractivity contribution >= 4 is 15.9 Å². The summed E-state index contributed by atoms with van der Waals surface area (Å²) in [4.78, 5) is 0. The van der Waals surface area contributed by atoms with Gasteiger partial charge in [-0.2, -0.15) is 13.1 Å². The fourth-order valence-corrected chi connectivity index (χ4v) is 2.55. The minimum absolute atomic E-state index is 0.0807. The SMILES string of the molecule is O=S(=O)(Nc1ccc(C#CCO)cc1)NC1CC1. The van der Waals surface area contributed by atoms with Crippen molar-refractivity contribution in [2.24, 2.45) is 0 Å². The average molecular weight is 266 g/mol. The van der Waals surface area contributed by atoms with Crippen LogP contribution in [0, 0.1) is 11.8 Å². The molecule has 0 atom stereocenters. The fourth-order valence-electron chi connectivity index (χ4n) is 1.37. The van der Waals surface area contributed by atoms with E-state index in [1.54, 1.807) is 24.3 Å². The van der Waals surface area contributed by atoms with Crippen molar-refractivity contribution in [3.8, 4) is 11.8 Å². The number of hydrogen-bond donors (Lipinski definition) is 3. The van der Waals surface area contributed by atoms with Crippen LogP contribution in [0.15, 0.2) is 24.3 Å². The highest BCUT2D eigenvalue weighted by Gasteiger charge is 2.26. The van der Waals surface area contributed by atoms with Gasteiger partial charge in [-0.3, -0.25) is 4.72 Å². The maximum Gasteiger partial charge on any atom is 0.299 e. The number of rotatable bonds is 4. The van der Waals surface area contributed by atoms with Crippen LogP contribution in [0.3, 0.4) is 0 Å². The second-order valence-electron chi connectivity index (χ2n) is 4.03. The van der Waals surface area contributed by atoms with Crippen molar-refractivity contribution < 1.29 is 13.5 Å². The lowest BCUT2D eigenvalue weighted by atomic mass is 10.2. The van der Waals surface area contributed by atoms with Crippen LogP contribution in [0.5, 0.6) is 0 Å². The highest BCUT2D eigenvalue weighted by molar-refractivity contribution is 7.90. The van der Waals surface area contributed by atoms with Gasteiger partial charge in [-0.05, 0) is 37.1 Å². The molecule has 6 heteroatoms. The Hall–Kier alpha value is -1.55. The summed E-state index contributed by atoms with van der Waals surface area (Å²) in [5.74, 6) is 5.25. The van der Waals surface area contributed by atoms with E-state index in [-0.39, 0.29) is 12.6 Å². The third-order valence-corrected chi connectivity index (χ3v) is 3.50. The molecule has 0 heterocycles. The first-order valence-electron chi connectivity index (χ1n) is 5.59. The van der Waals surface area contributed by atoms with E-state index < -0.39 is 10.2 Å². The zero-order valence-electron chi connectivity index (χ0n) is 9.68. The summed E-state index contributed by atoms with van der Waals surface area (Å²) in [5, 5.41) is 8.55. The Morgan fingerprint density at radius 2 is 1.94 bits per heavy atom. The van der Waals surface area contributed by atoms with E-state index in [0.29, 0.717) is 5.69 Å². The Labute approximate surface area is 106 Å². The molecule has 0 bridgehead atoms. The fraction of sp³-hybridized carbons (Fsp3) is 0.333. The molecule has 96 valence electrons. The number of aliphatic hydroxyl groups is 1. The van der Waals surface area contributed by atoms with Gasteiger partial charge in [0.1, 0.15) is 6.61 Å². The van der Waals surface area contributed by atoms with E-state index >= 15 is 0 Å². The largest absolute Gasteiger partial charge is 0.384 e. The van der Waals surface area contributed by atoms with E-state index in [1.807, 2.05) is 0 Å². The summed E-state index contributed by atoms with van der Waals surface area (Å²) in [6.07, 6.45) is 1.80. The van der Waals surface area contributed by atoms with Crippen LogP contribution in [0.2, 0.25) is 0 Å². The lowest BCUT2D eigenvalue weighted by Crippen LogP contribution is -2.31. The zero-order chi connectivity index (χ0) is 13.0. The molecule has 2 rings (SSSR count). The van der Waals surface area contributed by atoms with Gasteiger partial charge in [-0.15, -0.1) is 0 Å². The molecule has 1 fully saturated rings. The van der Waals surface area contributed by atoms with Gasteiger partial charge in [0.25, 0.3) is 10.2 Å². The molecule has 0 amide bonds. The van der Waals surface area contributed by atoms with Crippen molar-refractivity contribution in [1.29, 1.82) is 0 Å². The van der Waals surface area contributed by atoms with Gasteiger partial charge < -0.3 is 5.11 Å². The van der Waals surface area contributed by atoms with E-state index in [1.165, 1.54) is 0 Å². The first-order valence-corrected chi connectivity index (χ1v) is 7.07. The van der Waals surface area contributed by atoms with Crippen molar-refractivity contribution in [2.75, 3.05) is 11.3 Å². The predicted molar refractivity (Wildman–Crippen MR) is 69.1 cm³/mol. The second kappa shape index (κ2) is 5.40. The number of anilines is 1. The van der Waals surface area contributed by atoms with Gasteiger partial charge in [-0.25, -0.2) is 0 Å². The standard InChI is InChI=1S/C12H14N2O3S/c15-9-1-2-10-3-5-11(6-4-10)13-18(16,17)14-12-7-8-12/h3-6,12-15H,7-9H2. The lowest BCUT2D eigenvalue weighted by Gasteiger charge is -2.08. The zero-order valence-corrected chi connectivity index (χ0v) is 10.5. The van der Waals surface area contributed by atoms with E-state index in [9.17, 15) is 8.42 Å². The van der Waals surface area contributed by atoms with E-state index in [2.05, 4.69) is 21.3 Å². The topological polar surface area (TPSA) is 78.4 Å². The average Bonchev–Trinajstić information content (AvgIpc) is 3.11. The normalized spacial score (nSPS) is 14.7. The molecule has 1 aliphatic rings. The summed E-state index contributed by atoms with van der Waals surface area (Å²) in [6.45, 7) is -0.195. The Morgan fingerprint density at radius 1 is 1.28 bits per heavy atom. The number of nitrogens with one attached hydrogen (secondary N) is 2. The maximum absolute atomic E-state index is 11.6. The minimum Gasteiger partial charge on any atom is -0.384 e. The Kier molecular flexibility index (Phi) is 3.87. The Balaban J connectivity index is 2.01. The molecule has 0 spiro atoms. The molecule has 1 aromatic carbocycles. The smallest absolute Gasteiger partial charge is 0.299 e. The third kappa shape index (κ3) is 4.04. The van der Waals surface area contributed by atoms with Gasteiger partial charge in [0.15, 0.2) is 0 Å². The summed E-state index contributed by atoms with van der Waals surface area (Å²) in [7, 11) is -3.48. The monoisotopic (exact) mass is 266 g/mol. The van der Waals surface area contributed by atoms with Gasteiger partial charge in [0, 0.05) is 17.3 Å². The van der Waals surface area contributed by atoms with Crippen LogP contribution in [-0.4, -0.2) is 26.2 Å². The van der Waals surface area contributed by atoms with Crippen LogP contribution < -0.4 is 9.44 Å². The highest BCUT2D eigenvalue weighted by Crippen LogP contribution is 2.20. The Bertz CT molecular complexity index is 566. The minimum atomic E-state index is -3.48. The van der Waals surface area contributed by atoms with Crippen LogP contribution >= 0.6 is 0 Å². The number of hydrogen-bond acceptors (Lipinski definition) is 3. The van der Waals surface area contributed by atoms with Crippen molar-refractivity contribution in [3.63, 3.8) is 0 Å². The quantitative estimate of drug-likeness (QED) is 0.692. The van der Waals surface area contributed by atoms with Gasteiger partial charge in [0.05, 0.1) is 0 Å². The second-order valence-corrected chi connectivity index (χ2v) is 5.48. The molecular formula is C12H14N2O3S. The van der Waals surface area contributed by atoms with E-state index in [0.717, 1.165) is 18.4 Å². The lowest BCUT2D eigenvalue weighted by molar-refractivity contribution is 0.350. The van der Waals surface area contributed by atoms with Crippen molar-refractivity contribution in [1.82, 2.24) is 4.72 Å². The van der Waals surface area contributed by atoms with Crippen molar-refractivity contribution in [2.45, 2.75) is 18.9 Å². The molecule has 0 saturated heterocycles. The van der Waals surface area contributed by atoms with Gasteiger partial charge >= 0.3 is 0 Å². The van der Waals surface area contributed by atoms with E-state index in [4.69, 9.17) is 5.11 Å². The summed E-state index contributed by atoms with van der Waals surface area (Å²) in [5.41, 5.74) is 1.21. The van der Waals surface area contributed by atoms with Crippen LogP contribution in [-0.2, 0) is 10.2 Å². The molecule has 1 saturated carbocycles. The summed E-state index contributed by atoms with van der Waals surface area (Å²) < 4.78 is 28.2. The molecule has 1 aromatic rings. The van der Waals surface area contributed by atoms with Crippen molar-refractivity contribution in [3.05, 3.63) is 29.8 Å². The summed E-state index contributed by atoms with van der Waals surface area (Å²) >= 11 is 0. The molecule has 18 heavy (non-hydrogen) atoms. The molecule has 0 unspecified atom stereocenters. The predicted octanol–water partition coefficient (Wildman–Crippen LogP) is 0.439. The first-order chi connectivity index (χ1) is 8.59. The van der Waals surface area contributed by atoms with Gasteiger partial charge in [0.2, 0.25) is 0 Å². The molecule has 0 aromatic heterocycles. The number of benzene rings is 1. The van der Waals surface area contributed by atoms with Crippen LogP contribution in [0.25, 0.3) is 0 Å². The molecule has 0 radical (unpaired) electrons. The Morgan fingerprint density at radius 3 is 2.50 bits per heavy atom. The molecule has 0 aliphatic heterocycles. The van der Waals surface area contributed by atoms with Crippen LogP contribution in [0.1, 0.15) is 18.4 Å². The molecular weight excluding hydrogens is 252 g/mol. The van der Waals surface area contributed by atoms with Gasteiger partial charge in [-0.1, -0.05) is 11.8 Å². The summed E-state index contributed by atoms with van der Waals surface area (Å²) in [6, 6.07) is 6.73. The number of aliphatic hydroxyl groups excluding tert-OH is 1. The highest BCUT2D eigenvalue weighted by atomic mass is 32.2. The molecule has 3 N–H and O–H groups in total.